The molecule has 0 saturated carbocycles. The Morgan fingerprint density at radius 3 is 1.74 bits per heavy atom. The summed E-state index contributed by atoms with van der Waals surface area (Å²) in [5.41, 5.74) is 14.8. The van der Waals surface area contributed by atoms with Crippen molar-refractivity contribution in [2.45, 2.75) is 0 Å². The van der Waals surface area contributed by atoms with Gasteiger partial charge in [0.2, 0.25) is 0 Å². The van der Waals surface area contributed by atoms with Crippen LogP contribution in [0.4, 0.5) is 0 Å². The van der Waals surface area contributed by atoms with Gasteiger partial charge in [-0.1, -0.05) is 0 Å². The number of nitrogens with one attached hydrogen (secondary N) is 5. The lowest BCUT2D eigenvalue weighted by molar-refractivity contribution is -0.137. The molecule has 0 atom stereocenters. The van der Waals surface area contributed by atoms with E-state index in [1.807, 2.05) is 0 Å². The molecule has 19 heavy (non-hydrogen) atoms. The molecule has 0 aliphatic heterocycles. The maximum atomic E-state index is 10.7. The van der Waals surface area contributed by atoms with Crippen molar-refractivity contribution in [3.63, 3.8) is 0 Å². The van der Waals surface area contributed by atoms with E-state index < -0.39 is 11.8 Å². The lowest BCUT2D eigenvalue weighted by Gasteiger charge is -2.08. The van der Waals surface area contributed by atoms with Crippen LogP contribution in [0, 0.1) is 0 Å². The molecule has 0 spiro atoms. The van der Waals surface area contributed by atoms with Crippen LogP contribution < -0.4 is 38.3 Å². The number of hydrogen-bond donors (Lipinski definition) is 7. The summed E-state index contributed by atoms with van der Waals surface area (Å²) in [5, 5.41) is 9.59. The molecule has 0 fully saturated rings. The lowest BCUT2D eigenvalue weighted by Crippen LogP contribution is -2.46. The number of hydrogen-bond acceptors (Lipinski definition) is 7. The average Bonchev–Trinajstić information content (AvgIpc) is 2.39. The number of carbonyl (C=O) groups is 2. The largest absolute Gasteiger partial charge is 0.361 e. The van der Waals surface area contributed by atoms with Crippen LogP contribution >= 0.6 is 0 Å². The molecule has 0 aliphatic carbocycles. The van der Waals surface area contributed by atoms with E-state index in [0.29, 0.717) is 19.6 Å². The minimum atomic E-state index is -1.01. The molecule has 2 amide bonds. The summed E-state index contributed by atoms with van der Waals surface area (Å²) in [6.45, 7) is 6.15. The summed E-state index contributed by atoms with van der Waals surface area (Å²) in [6.07, 6.45) is 0. The number of hydrazine groups is 1. The zero-order valence-corrected chi connectivity index (χ0v) is 11.1. The molecule has 0 unspecified atom stereocenters. The van der Waals surface area contributed by atoms with Crippen molar-refractivity contribution in [3.05, 3.63) is 0 Å². The molecular weight excluding hydrogens is 250 g/mol. The lowest BCUT2D eigenvalue weighted by atomic mass is 10.5. The molecule has 9 nitrogen and oxygen atoms in total. The number of nitrogens with two attached hydrogens (primary N) is 2. The van der Waals surface area contributed by atoms with Gasteiger partial charge in [0.15, 0.2) is 0 Å². The summed E-state index contributed by atoms with van der Waals surface area (Å²) < 4.78 is 0. The molecule has 0 radical (unpaired) electrons. The Bertz CT molecular complexity index is 250. The van der Waals surface area contributed by atoms with Gasteiger partial charge in [-0.05, 0) is 0 Å². The number of amides is 2. The molecule has 0 aliphatic rings. The molecule has 0 aromatic carbocycles. The second-order valence-electron chi connectivity index (χ2n) is 3.78. The van der Waals surface area contributed by atoms with E-state index >= 15 is 0 Å². The normalized spacial score (nSPS) is 10.4. The van der Waals surface area contributed by atoms with Crippen molar-refractivity contribution >= 4 is 11.8 Å². The van der Waals surface area contributed by atoms with Gasteiger partial charge in [-0.3, -0.25) is 15.0 Å². The van der Waals surface area contributed by atoms with Gasteiger partial charge in [0.05, 0.1) is 0 Å². The molecule has 0 aromatic heterocycles. The Morgan fingerprint density at radius 2 is 1.26 bits per heavy atom. The van der Waals surface area contributed by atoms with Gasteiger partial charge in [0.1, 0.15) is 0 Å². The highest BCUT2D eigenvalue weighted by molar-refractivity contribution is 6.34. The van der Waals surface area contributed by atoms with Crippen LogP contribution in [0.15, 0.2) is 0 Å². The maximum absolute atomic E-state index is 10.7. The smallest absolute Gasteiger partial charge is 0.323 e. The van der Waals surface area contributed by atoms with Crippen LogP contribution in [-0.2, 0) is 9.59 Å². The Kier molecular flexibility index (Phi) is 12.3. The van der Waals surface area contributed by atoms with E-state index in [0.717, 1.165) is 32.7 Å². The Morgan fingerprint density at radius 1 is 0.789 bits per heavy atom. The van der Waals surface area contributed by atoms with Crippen LogP contribution in [0.5, 0.6) is 0 Å². The first-order valence-corrected chi connectivity index (χ1v) is 6.33. The summed E-state index contributed by atoms with van der Waals surface area (Å²) in [7, 11) is 0. The van der Waals surface area contributed by atoms with Crippen LogP contribution in [-0.4, -0.2) is 64.2 Å². The predicted molar refractivity (Wildman–Crippen MR) is 73.0 cm³/mol. The van der Waals surface area contributed by atoms with Crippen molar-refractivity contribution in [1.29, 1.82) is 0 Å². The number of primary amides is 1. The fraction of sp³-hybridized carbons (Fsp3) is 0.800. The van der Waals surface area contributed by atoms with Gasteiger partial charge >= 0.3 is 11.8 Å². The first-order chi connectivity index (χ1) is 9.18. The fourth-order valence-corrected chi connectivity index (χ4v) is 1.19. The third-order valence-electron chi connectivity index (χ3n) is 2.13. The Hall–Kier alpha value is -1.26. The van der Waals surface area contributed by atoms with E-state index in [-0.39, 0.29) is 0 Å². The SMILES string of the molecule is NCCNCCNCCNCCNNC(=O)C(N)=O. The van der Waals surface area contributed by atoms with E-state index in [1.165, 1.54) is 0 Å². The molecule has 0 rings (SSSR count). The topological polar surface area (TPSA) is 146 Å². The van der Waals surface area contributed by atoms with Gasteiger partial charge in [-0.15, -0.1) is 0 Å². The third kappa shape index (κ3) is 13.0. The van der Waals surface area contributed by atoms with Crippen LogP contribution in [0.25, 0.3) is 0 Å². The minimum absolute atomic E-state index is 0.511. The highest BCUT2D eigenvalue weighted by Gasteiger charge is 2.05. The first-order valence-electron chi connectivity index (χ1n) is 6.33. The molecular formula is C10H25N7O2. The van der Waals surface area contributed by atoms with Gasteiger partial charge in [0, 0.05) is 52.4 Å². The van der Waals surface area contributed by atoms with Gasteiger partial charge < -0.3 is 27.4 Å². The van der Waals surface area contributed by atoms with E-state index in [1.54, 1.807) is 0 Å². The number of carbonyl (C=O) groups excluding carboxylic acids is 2. The standard InChI is InChI=1S/C10H25N7O2/c11-1-2-13-3-4-14-5-6-15-7-8-16-17-10(19)9(12)18/h13-16H,1-8,11H2,(H2,12,18)(H,17,19). The van der Waals surface area contributed by atoms with Crippen molar-refractivity contribution in [2.75, 3.05) is 52.4 Å². The first kappa shape index (κ1) is 17.7. The second kappa shape index (κ2) is 13.2. The predicted octanol–water partition coefficient (Wildman–Crippen LogP) is -4.18. The molecule has 0 aromatic rings. The van der Waals surface area contributed by atoms with Gasteiger partial charge in [-0.2, -0.15) is 0 Å². The highest BCUT2D eigenvalue weighted by Crippen LogP contribution is 1.63. The third-order valence-corrected chi connectivity index (χ3v) is 2.13. The zero-order valence-electron chi connectivity index (χ0n) is 11.1. The van der Waals surface area contributed by atoms with Gasteiger partial charge in [0.25, 0.3) is 0 Å². The molecule has 9 heteroatoms. The molecule has 9 N–H and O–H groups in total. The Balaban J connectivity index is 3.07. The molecule has 0 saturated heterocycles. The summed E-state index contributed by atoms with van der Waals surface area (Å²) in [4.78, 5) is 21.1. The van der Waals surface area contributed by atoms with E-state index in [4.69, 9.17) is 11.5 Å². The quantitative estimate of drug-likeness (QED) is 0.109. The summed E-state index contributed by atoms with van der Waals surface area (Å²) in [5.74, 6) is -1.85. The average molecular weight is 275 g/mol. The van der Waals surface area contributed by atoms with Crippen LogP contribution in [0.1, 0.15) is 0 Å². The summed E-state index contributed by atoms with van der Waals surface area (Å²) >= 11 is 0. The van der Waals surface area contributed by atoms with Crippen molar-refractivity contribution in [3.8, 4) is 0 Å². The Labute approximate surface area is 113 Å². The second-order valence-corrected chi connectivity index (χ2v) is 3.78. The van der Waals surface area contributed by atoms with Gasteiger partial charge in [-0.25, -0.2) is 5.43 Å². The number of rotatable bonds is 12. The highest BCUT2D eigenvalue weighted by atomic mass is 16.2. The zero-order chi connectivity index (χ0) is 14.3. The molecule has 0 heterocycles. The maximum Gasteiger partial charge on any atom is 0.323 e. The fourth-order valence-electron chi connectivity index (χ4n) is 1.19. The molecule has 112 valence electrons. The monoisotopic (exact) mass is 275 g/mol. The summed E-state index contributed by atoms with van der Waals surface area (Å²) in [6, 6.07) is 0. The van der Waals surface area contributed by atoms with Crippen LogP contribution in [0.2, 0.25) is 0 Å². The van der Waals surface area contributed by atoms with Crippen molar-refractivity contribution < 1.29 is 9.59 Å². The van der Waals surface area contributed by atoms with Crippen LogP contribution in [0.3, 0.4) is 0 Å². The minimum Gasteiger partial charge on any atom is -0.361 e. The van der Waals surface area contributed by atoms with E-state index in [2.05, 4.69) is 26.8 Å². The van der Waals surface area contributed by atoms with E-state index in [9.17, 15) is 9.59 Å². The molecule has 0 bridgehead atoms. The van der Waals surface area contributed by atoms with Crippen molar-refractivity contribution in [1.82, 2.24) is 26.8 Å². The van der Waals surface area contributed by atoms with Crippen molar-refractivity contribution in [2.24, 2.45) is 11.5 Å².